The molecule has 1 aromatic heterocycles. The van der Waals surface area contributed by atoms with E-state index in [0.29, 0.717) is 24.2 Å². The van der Waals surface area contributed by atoms with E-state index in [0.717, 1.165) is 22.6 Å². The molecule has 0 atom stereocenters. The van der Waals surface area contributed by atoms with Crippen molar-refractivity contribution in [3.63, 3.8) is 0 Å². The van der Waals surface area contributed by atoms with Gasteiger partial charge in [-0.05, 0) is 30.7 Å². The van der Waals surface area contributed by atoms with E-state index in [4.69, 9.17) is 16.3 Å². The lowest BCUT2D eigenvalue weighted by Gasteiger charge is -2.16. The number of hydrogen-bond acceptors (Lipinski definition) is 3. The third-order valence-corrected chi connectivity index (χ3v) is 5.67. The second-order valence-corrected chi connectivity index (χ2v) is 12.9. The summed E-state index contributed by atoms with van der Waals surface area (Å²) in [7, 11) is -1.12. The van der Waals surface area contributed by atoms with Crippen molar-refractivity contribution in [2.75, 3.05) is 6.61 Å². The summed E-state index contributed by atoms with van der Waals surface area (Å²) in [6.45, 7) is 11.4. The summed E-state index contributed by atoms with van der Waals surface area (Å²) >= 11 is 6.21. The summed E-state index contributed by atoms with van der Waals surface area (Å²) in [5.41, 5.74) is 2.57. The highest BCUT2D eigenvalue weighted by Crippen LogP contribution is 2.25. The van der Waals surface area contributed by atoms with Gasteiger partial charge in [-0.15, -0.1) is 0 Å². The van der Waals surface area contributed by atoms with Crippen LogP contribution in [-0.2, 0) is 11.5 Å². The molecule has 22 heavy (non-hydrogen) atoms. The molecule has 0 fully saturated rings. The van der Waals surface area contributed by atoms with Crippen LogP contribution in [0.25, 0.3) is 11.0 Å². The molecule has 0 spiro atoms. The van der Waals surface area contributed by atoms with Gasteiger partial charge in [-0.3, -0.25) is 9.36 Å². The van der Waals surface area contributed by atoms with Gasteiger partial charge in [-0.2, -0.15) is 0 Å². The highest BCUT2D eigenvalue weighted by Gasteiger charge is 2.17. The number of hydrogen-bond donors (Lipinski definition) is 0. The van der Waals surface area contributed by atoms with Crippen LogP contribution in [0.3, 0.4) is 0 Å². The van der Waals surface area contributed by atoms with Gasteiger partial charge < -0.3 is 4.74 Å². The smallest absolute Gasteiger partial charge is 0.195 e. The van der Waals surface area contributed by atoms with Crippen LogP contribution < -0.4 is 0 Å². The zero-order valence-corrected chi connectivity index (χ0v) is 15.6. The maximum absolute atomic E-state index is 11.8. The average molecular weight is 339 g/mol. The minimum absolute atomic E-state index is 0.0706. The van der Waals surface area contributed by atoms with Crippen LogP contribution in [0, 0.1) is 6.92 Å². The number of carbonyl (C=O) groups is 1. The molecule has 4 nitrogen and oxygen atoms in total. The van der Waals surface area contributed by atoms with Crippen molar-refractivity contribution in [3.05, 3.63) is 28.5 Å². The molecule has 0 bridgehead atoms. The van der Waals surface area contributed by atoms with E-state index in [1.54, 1.807) is 0 Å². The number of nitrogens with zero attached hydrogens (tertiary/aromatic N) is 2. The molecule has 1 heterocycles. The summed E-state index contributed by atoms with van der Waals surface area (Å²) < 4.78 is 7.60. The summed E-state index contributed by atoms with van der Waals surface area (Å²) in [6.07, 6.45) is 0. The Balaban J connectivity index is 2.28. The number of rotatable bonds is 6. The predicted molar refractivity (Wildman–Crippen MR) is 93.6 cm³/mol. The predicted octanol–water partition coefficient (Wildman–Crippen LogP) is 4.51. The van der Waals surface area contributed by atoms with Crippen LogP contribution in [0.4, 0.5) is 0 Å². The van der Waals surface area contributed by atoms with Gasteiger partial charge in [0.15, 0.2) is 11.6 Å². The summed E-state index contributed by atoms with van der Waals surface area (Å²) in [6, 6.07) is 4.85. The number of carbonyl (C=O) groups excluding carboxylic acids is 1. The number of Topliss-reactive ketones (excluding diaryl/α,β-unsaturated/α-hetero) is 1. The number of imidazole rings is 1. The topological polar surface area (TPSA) is 44.1 Å². The largest absolute Gasteiger partial charge is 0.361 e. The third-order valence-electron chi connectivity index (χ3n) is 3.56. The van der Waals surface area contributed by atoms with E-state index in [-0.39, 0.29) is 5.78 Å². The highest BCUT2D eigenvalue weighted by atomic mass is 35.5. The Bertz CT molecular complexity index is 704. The van der Waals surface area contributed by atoms with Crippen molar-refractivity contribution in [3.8, 4) is 0 Å². The molecule has 0 aliphatic heterocycles. The van der Waals surface area contributed by atoms with Crippen LogP contribution in [0.15, 0.2) is 12.1 Å². The van der Waals surface area contributed by atoms with Crippen molar-refractivity contribution >= 4 is 36.5 Å². The molecule has 2 aromatic rings. The Kier molecular flexibility index (Phi) is 5.09. The molecular weight excluding hydrogens is 316 g/mol. The number of fused-ring (bicyclic) bond motifs is 1. The zero-order valence-electron chi connectivity index (χ0n) is 13.9. The lowest BCUT2D eigenvalue weighted by atomic mass is 10.2. The van der Waals surface area contributed by atoms with Gasteiger partial charge in [-0.25, -0.2) is 4.98 Å². The molecule has 120 valence electrons. The van der Waals surface area contributed by atoms with Gasteiger partial charge in [0.1, 0.15) is 6.73 Å². The van der Waals surface area contributed by atoms with Crippen molar-refractivity contribution < 1.29 is 9.53 Å². The molecule has 0 aliphatic carbocycles. The van der Waals surface area contributed by atoms with E-state index < -0.39 is 8.07 Å². The Morgan fingerprint density at radius 1 is 1.36 bits per heavy atom. The zero-order chi connectivity index (χ0) is 16.5. The number of aromatic nitrogens is 2. The van der Waals surface area contributed by atoms with E-state index in [1.807, 2.05) is 23.6 Å². The number of ether oxygens (including phenoxy) is 1. The average Bonchev–Trinajstić information content (AvgIpc) is 2.72. The number of halogens is 1. The number of ketones is 1. The van der Waals surface area contributed by atoms with Gasteiger partial charge in [0.2, 0.25) is 0 Å². The van der Waals surface area contributed by atoms with E-state index in [9.17, 15) is 4.79 Å². The second-order valence-electron chi connectivity index (χ2n) is 6.86. The fraction of sp³-hybridized carbons (Fsp3) is 0.500. The summed E-state index contributed by atoms with van der Waals surface area (Å²) in [5, 5.41) is 0.672. The van der Waals surface area contributed by atoms with E-state index in [2.05, 4.69) is 24.6 Å². The van der Waals surface area contributed by atoms with Crippen LogP contribution in [-0.4, -0.2) is 30.0 Å². The maximum atomic E-state index is 11.8. The van der Waals surface area contributed by atoms with Crippen LogP contribution in [0.2, 0.25) is 30.7 Å². The minimum atomic E-state index is -1.12. The lowest BCUT2D eigenvalue weighted by molar-refractivity contribution is 0.0827. The molecule has 2 rings (SSSR count). The highest BCUT2D eigenvalue weighted by molar-refractivity contribution is 6.76. The fourth-order valence-corrected chi connectivity index (χ4v) is 3.10. The fourth-order valence-electron chi connectivity index (χ4n) is 2.18. The van der Waals surface area contributed by atoms with Crippen molar-refractivity contribution in [2.45, 2.75) is 46.3 Å². The van der Waals surface area contributed by atoms with E-state index >= 15 is 0 Å². The molecular formula is C16H23ClN2O2Si. The molecule has 0 saturated carbocycles. The van der Waals surface area contributed by atoms with Gasteiger partial charge in [0.25, 0.3) is 0 Å². The SMILES string of the molecule is CC(=O)c1nc2cc(C)c(Cl)cc2n1COCC[Si](C)(C)C. The molecule has 0 aliphatic rings. The van der Waals surface area contributed by atoms with E-state index in [1.165, 1.54) is 6.92 Å². The maximum Gasteiger partial charge on any atom is 0.195 e. The van der Waals surface area contributed by atoms with Crippen molar-refractivity contribution in [1.29, 1.82) is 0 Å². The molecule has 0 N–H and O–H groups in total. The molecule has 0 saturated heterocycles. The standard InChI is InChI=1S/C16H23ClN2O2Si/c1-11-8-14-15(9-13(11)17)19(16(18-14)12(2)20)10-21-6-7-22(3,4)5/h8-9H,6-7,10H2,1-5H3. The second kappa shape index (κ2) is 6.52. The monoisotopic (exact) mass is 338 g/mol. The minimum Gasteiger partial charge on any atom is -0.361 e. The number of benzene rings is 1. The van der Waals surface area contributed by atoms with Crippen LogP contribution in [0.5, 0.6) is 0 Å². The Labute approximate surface area is 137 Å². The first kappa shape index (κ1) is 17.2. The Morgan fingerprint density at radius 2 is 2.05 bits per heavy atom. The first-order valence-electron chi connectivity index (χ1n) is 7.44. The van der Waals surface area contributed by atoms with Gasteiger partial charge in [0.05, 0.1) is 11.0 Å². The summed E-state index contributed by atoms with van der Waals surface area (Å²) in [5.74, 6) is 0.350. The van der Waals surface area contributed by atoms with Gasteiger partial charge in [0, 0.05) is 26.6 Å². The van der Waals surface area contributed by atoms with Gasteiger partial charge >= 0.3 is 0 Å². The number of aryl methyl sites for hydroxylation is 1. The molecule has 0 amide bonds. The lowest BCUT2D eigenvalue weighted by Crippen LogP contribution is -2.22. The van der Waals surface area contributed by atoms with Crippen molar-refractivity contribution in [2.24, 2.45) is 0 Å². The normalized spacial score (nSPS) is 12.1. The van der Waals surface area contributed by atoms with Crippen molar-refractivity contribution in [1.82, 2.24) is 9.55 Å². The third kappa shape index (κ3) is 3.97. The first-order chi connectivity index (χ1) is 10.2. The summed E-state index contributed by atoms with van der Waals surface area (Å²) in [4.78, 5) is 16.3. The Hall–Kier alpha value is -1.17. The van der Waals surface area contributed by atoms with Crippen LogP contribution >= 0.6 is 11.6 Å². The molecule has 0 unspecified atom stereocenters. The first-order valence-corrected chi connectivity index (χ1v) is 11.5. The van der Waals surface area contributed by atoms with Gasteiger partial charge in [-0.1, -0.05) is 31.2 Å². The Morgan fingerprint density at radius 3 is 2.64 bits per heavy atom. The molecule has 1 aromatic carbocycles. The molecule has 0 radical (unpaired) electrons. The quantitative estimate of drug-likeness (QED) is 0.442. The molecule has 6 heteroatoms. The van der Waals surface area contributed by atoms with Crippen LogP contribution in [0.1, 0.15) is 23.1 Å².